The fourth-order valence-corrected chi connectivity index (χ4v) is 1.34. The summed E-state index contributed by atoms with van der Waals surface area (Å²) in [5.41, 5.74) is 1.86. The van der Waals surface area contributed by atoms with Crippen LogP contribution in [0.5, 0.6) is 5.75 Å². The number of nitrogens with zero attached hydrogens (tertiary/aromatic N) is 1. The topological polar surface area (TPSA) is 32.8 Å². The highest BCUT2D eigenvalue weighted by Gasteiger charge is 2.00. The Kier molecular flexibility index (Phi) is 1.47. The first-order valence-electron chi connectivity index (χ1n) is 3.80. The van der Waals surface area contributed by atoms with E-state index in [9.17, 15) is 5.11 Å². The van der Waals surface area contributed by atoms with Gasteiger partial charge in [0.15, 0.2) is 5.75 Å². The van der Waals surface area contributed by atoms with E-state index in [0.29, 0.717) is 0 Å². The number of pyridine rings is 1. The molecule has 0 N–H and O–H groups in total. The van der Waals surface area contributed by atoms with E-state index in [0.717, 1.165) is 16.5 Å². The Morgan fingerprint density at radius 2 is 2.17 bits per heavy atom. The molecule has 0 fully saturated rings. The van der Waals surface area contributed by atoms with Gasteiger partial charge in [-0.25, -0.2) is 0 Å². The van der Waals surface area contributed by atoms with Crippen LogP contribution in [-0.4, -0.2) is 4.98 Å². The van der Waals surface area contributed by atoms with Crippen LogP contribution < -0.4 is 0 Å². The third kappa shape index (κ3) is 1.01. The minimum Gasteiger partial charge on any atom is -0.290 e. The van der Waals surface area contributed by atoms with Gasteiger partial charge in [0.2, 0.25) is 0 Å². The summed E-state index contributed by atoms with van der Waals surface area (Å²) in [6.45, 7) is 1.90. The maximum Gasteiger partial charge on any atom is 0.179 e. The van der Waals surface area contributed by atoms with Crippen LogP contribution in [0.4, 0.5) is 0 Å². The van der Waals surface area contributed by atoms with Gasteiger partial charge in [-0.15, -0.1) is 0 Å². The predicted octanol–water partition coefficient (Wildman–Crippen LogP) is 2.69. The van der Waals surface area contributed by atoms with Gasteiger partial charge in [-0.3, -0.25) is 10.1 Å². The minimum absolute atomic E-state index is 0.0491. The van der Waals surface area contributed by atoms with Crippen molar-refractivity contribution >= 4 is 10.9 Å². The van der Waals surface area contributed by atoms with E-state index in [2.05, 4.69) is 4.98 Å². The van der Waals surface area contributed by atoms with E-state index in [1.165, 1.54) is 0 Å². The molecule has 0 saturated heterocycles. The summed E-state index contributed by atoms with van der Waals surface area (Å²) in [7, 11) is 0. The van der Waals surface area contributed by atoms with E-state index in [-0.39, 0.29) is 5.75 Å². The number of benzene rings is 1. The SMILES string of the molecule is Cc1cc([O])cc2cccnc12. The van der Waals surface area contributed by atoms with Gasteiger partial charge in [-0.05, 0) is 30.7 Å². The average molecular weight is 158 g/mol. The zero-order chi connectivity index (χ0) is 8.55. The Bertz CT molecular complexity index is 423. The average Bonchev–Trinajstić information content (AvgIpc) is 2.04. The maximum absolute atomic E-state index is 11.1. The third-order valence-corrected chi connectivity index (χ3v) is 1.87. The van der Waals surface area contributed by atoms with Crippen molar-refractivity contribution < 1.29 is 5.11 Å². The molecule has 0 unspecified atom stereocenters. The van der Waals surface area contributed by atoms with Crippen molar-refractivity contribution in [1.29, 1.82) is 0 Å². The molecule has 0 atom stereocenters. The summed E-state index contributed by atoms with van der Waals surface area (Å²) in [6, 6.07) is 6.95. The van der Waals surface area contributed by atoms with Crippen LogP contribution in [-0.2, 0) is 5.11 Å². The van der Waals surface area contributed by atoms with E-state index in [4.69, 9.17) is 0 Å². The van der Waals surface area contributed by atoms with E-state index < -0.39 is 0 Å². The molecule has 0 aliphatic rings. The van der Waals surface area contributed by atoms with Crippen molar-refractivity contribution in [2.45, 2.75) is 6.92 Å². The van der Waals surface area contributed by atoms with Crippen molar-refractivity contribution in [3.63, 3.8) is 0 Å². The van der Waals surface area contributed by atoms with Gasteiger partial charge in [-0.1, -0.05) is 6.07 Å². The van der Waals surface area contributed by atoms with Crippen molar-refractivity contribution in [1.82, 2.24) is 4.98 Å². The standard InChI is InChI=1S/C10H8NO/c1-7-5-9(12)6-8-3-2-4-11-10(7)8/h2-6H,1H3. The molecule has 12 heavy (non-hydrogen) atoms. The fraction of sp³-hybridized carbons (Fsp3) is 0.100. The molecule has 0 bridgehead atoms. The first-order chi connectivity index (χ1) is 5.77. The summed E-state index contributed by atoms with van der Waals surface area (Å²) >= 11 is 0. The quantitative estimate of drug-likeness (QED) is 0.580. The molecule has 2 nitrogen and oxygen atoms in total. The Morgan fingerprint density at radius 1 is 1.33 bits per heavy atom. The molecule has 0 spiro atoms. The summed E-state index contributed by atoms with van der Waals surface area (Å²) in [5.74, 6) is 0.0491. The molecule has 0 saturated carbocycles. The lowest BCUT2D eigenvalue weighted by atomic mass is 10.1. The highest BCUT2D eigenvalue weighted by molar-refractivity contribution is 5.82. The summed E-state index contributed by atoms with van der Waals surface area (Å²) < 4.78 is 0. The molecule has 2 rings (SSSR count). The van der Waals surface area contributed by atoms with Crippen molar-refractivity contribution in [2.75, 3.05) is 0 Å². The van der Waals surface area contributed by atoms with Gasteiger partial charge in [0, 0.05) is 11.6 Å². The lowest BCUT2D eigenvalue weighted by Gasteiger charge is -1.99. The summed E-state index contributed by atoms with van der Waals surface area (Å²) in [5, 5.41) is 12.0. The third-order valence-electron chi connectivity index (χ3n) is 1.87. The van der Waals surface area contributed by atoms with Gasteiger partial charge in [0.1, 0.15) is 0 Å². The Morgan fingerprint density at radius 3 is 3.00 bits per heavy atom. The highest BCUT2D eigenvalue weighted by Crippen LogP contribution is 2.21. The van der Waals surface area contributed by atoms with Gasteiger partial charge in [-0.2, -0.15) is 0 Å². The van der Waals surface area contributed by atoms with Crippen molar-refractivity contribution in [2.24, 2.45) is 0 Å². The molecule has 2 heteroatoms. The van der Waals surface area contributed by atoms with Crippen LogP contribution in [0.3, 0.4) is 0 Å². The highest BCUT2D eigenvalue weighted by atomic mass is 16.3. The zero-order valence-electron chi connectivity index (χ0n) is 6.74. The predicted molar refractivity (Wildman–Crippen MR) is 46.6 cm³/mol. The first-order valence-corrected chi connectivity index (χ1v) is 3.80. The molecule has 1 aromatic carbocycles. The molecule has 0 aliphatic heterocycles. The number of hydrogen-bond acceptors (Lipinski definition) is 1. The summed E-state index contributed by atoms with van der Waals surface area (Å²) in [6.07, 6.45) is 1.74. The summed E-state index contributed by atoms with van der Waals surface area (Å²) in [4.78, 5) is 4.18. The van der Waals surface area contributed by atoms with E-state index >= 15 is 0 Å². The van der Waals surface area contributed by atoms with Crippen LogP contribution in [0.1, 0.15) is 5.56 Å². The molecule has 1 aromatic heterocycles. The van der Waals surface area contributed by atoms with Crippen LogP contribution in [0.15, 0.2) is 30.5 Å². The Hall–Kier alpha value is -1.57. The van der Waals surface area contributed by atoms with Gasteiger partial charge in [0.05, 0.1) is 5.52 Å². The molecule has 0 amide bonds. The normalized spacial score (nSPS) is 10.4. The number of fused-ring (bicyclic) bond motifs is 1. The molecule has 0 aliphatic carbocycles. The van der Waals surface area contributed by atoms with Gasteiger partial charge >= 0.3 is 0 Å². The lowest BCUT2D eigenvalue weighted by molar-refractivity contribution is 0.355. The van der Waals surface area contributed by atoms with Crippen LogP contribution in [0, 0.1) is 6.92 Å². The second-order valence-corrected chi connectivity index (χ2v) is 2.82. The van der Waals surface area contributed by atoms with E-state index in [1.54, 1.807) is 18.3 Å². The second kappa shape index (κ2) is 2.48. The van der Waals surface area contributed by atoms with E-state index in [1.807, 2.05) is 19.1 Å². The smallest absolute Gasteiger partial charge is 0.179 e. The van der Waals surface area contributed by atoms with Crippen LogP contribution >= 0.6 is 0 Å². The fourth-order valence-electron chi connectivity index (χ4n) is 1.34. The lowest BCUT2D eigenvalue weighted by Crippen LogP contribution is -1.81. The largest absolute Gasteiger partial charge is 0.290 e. The monoisotopic (exact) mass is 158 g/mol. The Balaban J connectivity index is 2.89. The molecule has 2 aromatic rings. The minimum atomic E-state index is 0.0491. The number of hydrogen-bond donors (Lipinski definition) is 0. The molecule has 1 radical (unpaired) electrons. The number of rotatable bonds is 0. The number of aromatic nitrogens is 1. The molecule has 59 valence electrons. The maximum atomic E-state index is 11.1. The van der Waals surface area contributed by atoms with Crippen LogP contribution in [0.25, 0.3) is 10.9 Å². The molecule has 1 heterocycles. The molecular weight excluding hydrogens is 150 g/mol. The first kappa shape index (κ1) is 7.10. The number of aryl methyl sites for hydroxylation is 1. The van der Waals surface area contributed by atoms with Crippen LogP contribution in [0.2, 0.25) is 0 Å². The Labute approximate surface area is 70.5 Å². The second-order valence-electron chi connectivity index (χ2n) is 2.82. The molecular formula is C10H8NO. The van der Waals surface area contributed by atoms with Crippen molar-refractivity contribution in [3.05, 3.63) is 36.0 Å². The zero-order valence-corrected chi connectivity index (χ0v) is 6.74. The van der Waals surface area contributed by atoms with Crippen molar-refractivity contribution in [3.8, 4) is 5.75 Å². The van der Waals surface area contributed by atoms with Gasteiger partial charge < -0.3 is 0 Å². The van der Waals surface area contributed by atoms with Gasteiger partial charge in [0.25, 0.3) is 0 Å².